The molecule has 0 fully saturated rings. The van der Waals surface area contributed by atoms with Gasteiger partial charge in [0.2, 0.25) is 0 Å². The number of fused-ring (bicyclic) bond motifs is 1. The minimum Gasteiger partial charge on any atom is -0.476 e. The fourth-order valence-electron chi connectivity index (χ4n) is 2.09. The van der Waals surface area contributed by atoms with Gasteiger partial charge < -0.3 is 5.11 Å². The molecule has 102 valence electrons. The summed E-state index contributed by atoms with van der Waals surface area (Å²) in [5, 5.41) is 17.6. The van der Waals surface area contributed by atoms with Gasteiger partial charge in [-0.3, -0.25) is 0 Å². The molecule has 3 rings (SSSR count). The van der Waals surface area contributed by atoms with Crippen LogP contribution in [-0.2, 0) is 13.0 Å². The zero-order valence-corrected chi connectivity index (χ0v) is 11.6. The Morgan fingerprint density at radius 3 is 2.90 bits per heavy atom. The van der Waals surface area contributed by atoms with Crippen LogP contribution in [0.2, 0.25) is 0 Å². The molecule has 6 nitrogen and oxygen atoms in total. The molecular formula is C13H12N4O2S. The summed E-state index contributed by atoms with van der Waals surface area (Å²) in [6.07, 6.45) is 0.569. The number of hydrogen-bond donors (Lipinski definition) is 1. The number of nitrogens with zero attached hydrogens (tertiary/aromatic N) is 4. The van der Waals surface area contributed by atoms with Crippen molar-refractivity contribution in [2.75, 3.05) is 0 Å². The second-order valence-electron chi connectivity index (χ2n) is 4.28. The van der Waals surface area contributed by atoms with Gasteiger partial charge in [0.15, 0.2) is 5.69 Å². The number of hydrogen-bond acceptors (Lipinski definition) is 5. The van der Waals surface area contributed by atoms with Gasteiger partial charge in [-0.25, -0.2) is 14.5 Å². The standard InChI is InChI=1S/C13H12N4O2S/c1-2-9-12(13(18)19)15-16-17(9)7-11-14-8-5-3-4-6-10(8)20-11/h3-6H,2,7H2,1H3,(H,18,19). The zero-order valence-electron chi connectivity index (χ0n) is 10.8. The topological polar surface area (TPSA) is 80.9 Å². The second kappa shape index (κ2) is 5.01. The number of aromatic carboxylic acids is 1. The van der Waals surface area contributed by atoms with Crippen molar-refractivity contribution in [3.63, 3.8) is 0 Å². The van der Waals surface area contributed by atoms with E-state index in [1.165, 1.54) is 0 Å². The molecule has 2 heterocycles. The highest BCUT2D eigenvalue weighted by Crippen LogP contribution is 2.22. The van der Waals surface area contributed by atoms with Gasteiger partial charge in [-0.05, 0) is 18.6 Å². The lowest BCUT2D eigenvalue weighted by Gasteiger charge is -2.01. The third-order valence-corrected chi connectivity index (χ3v) is 4.02. The van der Waals surface area contributed by atoms with Gasteiger partial charge >= 0.3 is 5.97 Å². The summed E-state index contributed by atoms with van der Waals surface area (Å²) in [5.41, 5.74) is 1.59. The maximum Gasteiger partial charge on any atom is 0.358 e. The molecule has 0 radical (unpaired) electrons. The average molecular weight is 288 g/mol. The lowest BCUT2D eigenvalue weighted by atomic mass is 10.2. The summed E-state index contributed by atoms with van der Waals surface area (Å²) < 4.78 is 2.72. The van der Waals surface area contributed by atoms with Crippen molar-refractivity contribution in [3.8, 4) is 0 Å². The van der Waals surface area contributed by atoms with E-state index in [1.54, 1.807) is 16.0 Å². The van der Waals surface area contributed by atoms with Gasteiger partial charge in [0, 0.05) is 0 Å². The molecule has 0 bridgehead atoms. The molecule has 0 atom stereocenters. The number of carbonyl (C=O) groups is 1. The average Bonchev–Trinajstić information content (AvgIpc) is 3.01. The molecule has 0 amide bonds. The Hall–Kier alpha value is -2.28. The van der Waals surface area contributed by atoms with E-state index < -0.39 is 5.97 Å². The number of benzene rings is 1. The third kappa shape index (κ3) is 2.16. The molecule has 20 heavy (non-hydrogen) atoms. The van der Waals surface area contributed by atoms with Gasteiger partial charge in [0.1, 0.15) is 5.01 Å². The molecule has 0 aliphatic carbocycles. The zero-order chi connectivity index (χ0) is 14.1. The second-order valence-corrected chi connectivity index (χ2v) is 5.39. The summed E-state index contributed by atoms with van der Waals surface area (Å²) in [6.45, 7) is 2.34. The van der Waals surface area contributed by atoms with Crippen molar-refractivity contribution in [1.82, 2.24) is 20.0 Å². The summed E-state index contributed by atoms with van der Waals surface area (Å²) in [7, 11) is 0. The number of thiazole rings is 1. The van der Waals surface area contributed by atoms with Crippen molar-refractivity contribution >= 4 is 27.5 Å². The molecule has 1 aromatic carbocycles. The van der Waals surface area contributed by atoms with Crippen LogP contribution in [0, 0.1) is 0 Å². The summed E-state index contributed by atoms with van der Waals surface area (Å²) >= 11 is 1.58. The van der Waals surface area contributed by atoms with Gasteiger partial charge in [-0.2, -0.15) is 0 Å². The molecule has 7 heteroatoms. The first kappa shape index (κ1) is 12.7. The summed E-state index contributed by atoms with van der Waals surface area (Å²) in [6, 6.07) is 7.89. The van der Waals surface area contributed by atoms with Crippen LogP contribution < -0.4 is 0 Å². The lowest BCUT2D eigenvalue weighted by molar-refractivity contribution is 0.0689. The summed E-state index contributed by atoms with van der Waals surface area (Å²) in [5.74, 6) is -1.04. The molecule has 0 saturated heterocycles. The van der Waals surface area contributed by atoms with Crippen molar-refractivity contribution < 1.29 is 9.90 Å². The Kier molecular flexibility index (Phi) is 3.19. The number of para-hydroxylation sites is 1. The van der Waals surface area contributed by atoms with Crippen molar-refractivity contribution in [2.24, 2.45) is 0 Å². The summed E-state index contributed by atoms with van der Waals surface area (Å²) in [4.78, 5) is 15.6. The Morgan fingerprint density at radius 2 is 2.20 bits per heavy atom. The quantitative estimate of drug-likeness (QED) is 0.796. The van der Waals surface area contributed by atoms with E-state index in [0.717, 1.165) is 15.2 Å². The van der Waals surface area contributed by atoms with E-state index in [0.29, 0.717) is 18.7 Å². The van der Waals surface area contributed by atoms with Crippen LogP contribution in [0.5, 0.6) is 0 Å². The van der Waals surface area contributed by atoms with E-state index in [4.69, 9.17) is 5.11 Å². The fraction of sp³-hybridized carbons (Fsp3) is 0.231. The van der Waals surface area contributed by atoms with E-state index in [-0.39, 0.29) is 5.69 Å². The Morgan fingerprint density at radius 1 is 1.40 bits per heavy atom. The van der Waals surface area contributed by atoms with Crippen molar-refractivity contribution in [1.29, 1.82) is 0 Å². The molecule has 0 aliphatic rings. The fourth-order valence-corrected chi connectivity index (χ4v) is 3.04. The monoisotopic (exact) mass is 288 g/mol. The van der Waals surface area contributed by atoms with E-state index >= 15 is 0 Å². The Bertz CT molecular complexity index is 745. The molecular weight excluding hydrogens is 276 g/mol. The first-order chi connectivity index (χ1) is 9.69. The van der Waals surface area contributed by atoms with Crippen LogP contribution in [0.25, 0.3) is 10.2 Å². The maximum absolute atomic E-state index is 11.1. The predicted octanol–water partition coefficient (Wildman–Crippen LogP) is 2.20. The normalized spacial score (nSPS) is 11.1. The highest BCUT2D eigenvalue weighted by Gasteiger charge is 2.18. The van der Waals surface area contributed by atoms with Crippen LogP contribution >= 0.6 is 11.3 Å². The predicted molar refractivity (Wildman–Crippen MR) is 75.1 cm³/mol. The SMILES string of the molecule is CCc1c(C(=O)O)nnn1Cc1nc2ccccc2s1. The van der Waals surface area contributed by atoms with Gasteiger partial charge in [0.05, 0.1) is 22.5 Å². The first-order valence-electron chi connectivity index (χ1n) is 6.19. The number of carboxylic acid groups (broad SMARTS) is 1. The molecule has 1 N–H and O–H groups in total. The van der Waals surface area contributed by atoms with Gasteiger partial charge in [-0.1, -0.05) is 24.3 Å². The molecule has 0 aliphatic heterocycles. The van der Waals surface area contributed by atoms with Gasteiger partial charge in [0.25, 0.3) is 0 Å². The van der Waals surface area contributed by atoms with Crippen LogP contribution in [-0.4, -0.2) is 31.1 Å². The highest BCUT2D eigenvalue weighted by atomic mass is 32.1. The Balaban J connectivity index is 1.96. The molecule has 0 saturated carbocycles. The van der Waals surface area contributed by atoms with Crippen LogP contribution in [0.3, 0.4) is 0 Å². The van der Waals surface area contributed by atoms with Crippen molar-refractivity contribution in [3.05, 3.63) is 40.7 Å². The smallest absolute Gasteiger partial charge is 0.358 e. The van der Waals surface area contributed by atoms with Crippen molar-refractivity contribution in [2.45, 2.75) is 19.9 Å². The highest BCUT2D eigenvalue weighted by molar-refractivity contribution is 7.18. The van der Waals surface area contributed by atoms with Crippen LogP contribution in [0.15, 0.2) is 24.3 Å². The molecule has 3 aromatic rings. The number of carboxylic acids is 1. The molecule has 0 spiro atoms. The number of aromatic nitrogens is 4. The molecule has 0 unspecified atom stereocenters. The third-order valence-electron chi connectivity index (χ3n) is 3.00. The minimum atomic E-state index is -1.04. The largest absolute Gasteiger partial charge is 0.476 e. The Labute approximate surface area is 118 Å². The van der Waals surface area contributed by atoms with E-state index in [2.05, 4.69) is 15.3 Å². The van der Waals surface area contributed by atoms with E-state index in [1.807, 2.05) is 31.2 Å². The van der Waals surface area contributed by atoms with Gasteiger partial charge in [-0.15, -0.1) is 16.4 Å². The van der Waals surface area contributed by atoms with Crippen LogP contribution in [0.4, 0.5) is 0 Å². The molecule has 2 aromatic heterocycles. The lowest BCUT2D eigenvalue weighted by Crippen LogP contribution is -2.08. The van der Waals surface area contributed by atoms with E-state index in [9.17, 15) is 4.79 Å². The minimum absolute atomic E-state index is 0.0219. The number of rotatable bonds is 4. The first-order valence-corrected chi connectivity index (χ1v) is 7.00. The van der Waals surface area contributed by atoms with Crippen LogP contribution in [0.1, 0.15) is 28.1 Å². The maximum atomic E-state index is 11.1.